The summed E-state index contributed by atoms with van der Waals surface area (Å²) in [5, 5.41) is 13.3. The molecule has 0 spiro atoms. The fourth-order valence-corrected chi connectivity index (χ4v) is 4.22. The van der Waals surface area contributed by atoms with Crippen molar-refractivity contribution in [1.82, 2.24) is 4.98 Å². The predicted octanol–water partition coefficient (Wildman–Crippen LogP) is 7.76. The van der Waals surface area contributed by atoms with Crippen LogP contribution in [0.25, 0.3) is 22.9 Å². The molecule has 0 N–H and O–H groups in total. The number of hydrogen-bond acceptors (Lipinski definition) is 4. The molecule has 4 rings (SSSR count). The van der Waals surface area contributed by atoms with Crippen molar-refractivity contribution in [2.75, 3.05) is 0 Å². The van der Waals surface area contributed by atoms with Gasteiger partial charge < -0.3 is 4.74 Å². The summed E-state index contributed by atoms with van der Waals surface area (Å²) in [7, 11) is 0. The number of benzene rings is 3. The van der Waals surface area contributed by atoms with Crippen molar-refractivity contribution in [3.63, 3.8) is 0 Å². The number of thiazole rings is 1. The van der Waals surface area contributed by atoms with Gasteiger partial charge in [0.25, 0.3) is 0 Å². The van der Waals surface area contributed by atoms with Crippen molar-refractivity contribution in [3.8, 4) is 23.1 Å². The summed E-state index contributed by atoms with van der Waals surface area (Å²) in [6, 6.07) is 25.1. The van der Waals surface area contributed by atoms with Gasteiger partial charge in [-0.1, -0.05) is 65.7 Å². The SMILES string of the molecule is N#CC(=Cc1ccc(OCc2ccccc2)cc1)c1nc(-c2ccc(Cl)cc2Cl)cs1. The van der Waals surface area contributed by atoms with Crippen molar-refractivity contribution < 1.29 is 4.74 Å². The Morgan fingerprint density at radius 3 is 2.52 bits per heavy atom. The van der Waals surface area contributed by atoms with Gasteiger partial charge in [-0.15, -0.1) is 11.3 Å². The molecule has 31 heavy (non-hydrogen) atoms. The zero-order chi connectivity index (χ0) is 21.6. The van der Waals surface area contributed by atoms with E-state index in [4.69, 9.17) is 27.9 Å². The van der Waals surface area contributed by atoms with Crippen molar-refractivity contribution >= 4 is 46.2 Å². The number of hydrogen-bond donors (Lipinski definition) is 0. The maximum atomic E-state index is 9.66. The number of nitrogens with zero attached hydrogens (tertiary/aromatic N) is 2. The molecule has 1 heterocycles. The molecule has 152 valence electrons. The van der Waals surface area contributed by atoms with Crippen LogP contribution >= 0.6 is 34.5 Å². The maximum Gasteiger partial charge on any atom is 0.134 e. The first-order valence-corrected chi connectivity index (χ1v) is 11.1. The lowest BCUT2D eigenvalue weighted by atomic mass is 10.1. The Morgan fingerprint density at radius 1 is 1.03 bits per heavy atom. The lowest BCUT2D eigenvalue weighted by Gasteiger charge is -2.06. The third-order valence-electron chi connectivity index (χ3n) is 4.50. The van der Waals surface area contributed by atoms with Gasteiger partial charge in [0.2, 0.25) is 0 Å². The summed E-state index contributed by atoms with van der Waals surface area (Å²) in [5.41, 5.74) is 3.99. The highest BCUT2D eigenvalue weighted by atomic mass is 35.5. The average Bonchev–Trinajstić information content (AvgIpc) is 3.27. The van der Waals surface area contributed by atoms with E-state index in [1.807, 2.05) is 72.1 Å². The first kappa shape index (κ1) is 21.1. The van der Waals surface area contributed by atoms with Crippen LogP contribution in [-0.2, 0) is 6.61 Å². The number of nitriles is 1. The highest BCUT2D eigenvalue weighted by Gasteiger charge is 2.12. The van der Waals surface area contributed by atoms with Gasteiger partial charge in [0.1, 0.15) is 23.4 Å². The molecular weight excluding hydrogens is 447 g/mol. The molecule has 0 bridgehead atoms. The van der Waals surface area contributed by atoms with E-state index >= 15 is 0 Å². The van der Waals surface area contributed by atoms with Crippen LogP contribution in [0, 0.1) is 11.3 Å². The summed E-state index contributed by atoms with van der Waals surface area (Å²) in [6.07, 6.45) is 1.81. The second-order valence-electron chi connectivity index (χ2n) is 6.68. The predicted molar refractivity (Wildman–Crippen MR) is 128 cm³/mol. The van der Waals surface area contributed by atoms with Gasteiger partial charge in [-0.2, -0.15) is 5.26 Å². The molecule has 0 fully saturated rings. The van der Waals surface area contributed by atoms with Crippen LogP contribution in [0.3, 0.4) is 0 Å². The third-order valence-corrected chi connectivity index (χ3v) is 5.92. The van der Waals surface area contributed by atoms with Crippen molar-refractivity contribution in [2.24, 2.45) is 0 Å². The number of allylic oxidation sites excluding steroid dienone is 1. The Labute approximate surface area is 194 Å². The molecule has 6 heteroatoms. The molecule has 0 aliphatic carbocycles. The van der Waals surface area contributed by atoms with Crippen LogP contribution in [0.1, 0.15) is 16.1 Å². The topological polar surface area (TPSA) is 45.9 Å². The van der Waals surface area contributed by atoms with Gasteiger partial charge in [0.15, 0.2) is 0 Å². The van der Waals surface area contributed by atoms with E-state index in [9.17, 15) is 5.26 Å². The van der Waals surface area contributed by atoms with Gasteiger partial charge in [0, 0.05) is 16.0 Å². The van der Waals surface area contributed by atoms with E-state index < -0.39 is 0 Å². The standard InChI is InChI=1S/C25H16Cl2N2OS/c26-20-8-11-22(23(27)13-20)24-16-31-25(29-24)19(14-28)12-17-6-9-21(10-7-17)30-15-18-4-2-1-3-5-18/h1-13,16H,15H2. The largest absolute Gasteiger partial charge is 0.489 e. The highest BCUT2D eigenvalue weighted by Crippen LogP contribution is 2.33. The monoisotopic (exact) mass is 462 g/mol. The molecular formula is C25H16Cl2N2OS. The number of aromatic nitrogens is 1. The molecule has 0 aliphatic rings. The minimum atomic E-state index is 0.485. The van der Waals surface area contributed by atoms with Crippen LogP contribution < -0.4 is 4.74 Å². The van der Waals surface area contributed by atoms with Crippen molar-refractivity contribution in [1.29, 1.82) is 5.26 Å². The van der Waals surface area contributed by atoms with Crippen molar-refractivity contribution in [3.05, 3.63) is 104 Å². The Morgan fingerprint density at radius 2 is 1.81 bits per heavy atom. The van der Waals surface area contributed by atoms with E-state index in [-0.39, 0.29) is 0 Å². The van der Waals surface area contributed by atoms with E-state index in [0.717, 1.165) is 22.4 Å². The van der Waals surface area contributed by atoms with Crippen LogP contribution in [0.2, 0.25) is 10.0 Å². The molecule has 3 aromatic carbocycles. The highest BCUT2D eigenvalue weighted by molar-refractivity contribution is 7.11. The van der Waals surface area contributed by atoms with E-state index in [1.54, 1.807) is 12.1 Å². The maximum absolute atomic E-state index is 9.66. The number of halogens is 2. The zero-order valence-corrected chi connectivity index (χ0v) is 18.6. The molecule has 4 aromatic rings. The van der Waals surface area contributed by atoms with Crippen LogP contribution in [0.4, 0.5) is 0 Å². The number of rotatable bonds is 6. The third kappa shape index (κ3) is 5.34. The fourth-order valence-electron chi connectivity index (χ4n) is 2.93. The lowest BCUT2D eigenvalue weighted by Crippen LogP contribution is -1.94. The Bertz CT molecular complexity index is 1260. The van der Waals surface area contributed by atoms with Crippen LogP contribution in [0.5, 0.6) is 5.75 Å². The molecule has 0 saturated heterocycles. The first-order valence-electron chi connectivity index (χ1n) is 9.42. The zero-order valence-electron chi connectivity index (χ0n) is 16.3. The van der Waals surface area contributed by atoms with Gasteiger partial charge in [-0.05, 0) is 47.5 Å². The van der Waals surface area contributed by atoms with Gasteiger partial charge in [-0.3, -0.25) is 0 Å². The minimum Gasteiger partial charge on any atom is -0.489 e. The molecule has 0 saturated carbocycles. The normalized spacial score (nSPS) is 11.2. The molecule has 0 amide bonds. The van der Waals surface area contributed by atoms with Gasteiger partial charge in [-0.25, -0.2) is 4.98 Å². The molecule has 0 atom stereocenters. The minimum absolute atomic E-state index is 0.485. The Balaban J connectivity index is 1.50. The number of ether oxygens (including phenoxy) is 1. The smallest absolute Gasteiger partial charge is 0.134 e. The summed E-state index contributed by atoms with van der Waals surface area (Å²) >= 11 is 13.7. The molecule has 0 unspecified atom stereocenters. The van der Waals surface area contributed by atoms with Gasteiger partial charge >= 0.3 is 0 Å². The second-order valence-corrected chi connectivity index (χ2v) is 8.38. The summed E-state index contributed by atoms with van der Waals surface area (Å²) in [4.78, 5) is 4.59. The summed E-state index contributed by atoms with van der Waals surface area (Å²) < 4.78 is 5.82. The molecule has 0 radical (unpaired) electrons. The lowest BCUT2D eigenvalue weighted by molar-refractivity contribution is 0.306. The average molecular weight is 463 g/mol. The Kier molecular flexibility index (Phi) is 6.69. The molecule has 3 nitrogen and oxygen atoms in total. The van der Waals surface area contributed by atoms with E-state index in [1.165, 1.54) is 11.3 Å². The van der Waals surface area contributed by atoms with Gasteiger partial charge in [0.05, 0.1) is 16.3 Å². The Hall–Kier alpha value is -3.10. The quantitative estimate of drug-likeness (QED) is 0.275. The van der Waals surface area contributed by atoms with Crippen LogP contribution in [-0.4, -0.2) is 4.98 Å². The van der Waals surface area contributed by atoms with E-state index in [2.05, 4.69) is 11.1 Å². The van der Waals surface area contributed by atoms with E-state index in [0.29, 0.717) is 32.9 Å². The van der Waals surface area contributed by atoms with Crippen molar-refractivity contribution in [2.45, 2.75) is 6.61 Å². The molecule has 1 aromatic heterocycles. The van der Waals surface area contributed by atoms with Crippen LogP contribution in [0.15, 0.2) is 78.2 Å². The first-order chi connectivity index (χ1) is 15.1. The summed E-state index contributed by atoms with van der Waals surface area (Å²) in [6.45, 7) is 0.509. The second kappa shape index (κ2) is 9.80. The fraction of sp³-hybridized carbons (Fsp3) is 0.0400. The molecule has 0 aliphatic heterocycles. The summed E-state index contributed by atoms with van der Waals surface area (Å²) in [5.74, 6) is 0.772.